The first kappa shape index (κ1) is 13.4. The molecule has 0 saturated heterocycles. The molecule has 1 aromatic carbocycles. The van der Waals surface area contributed by atoms with Crippen LogP contribution in [0.2, 0.25) is 5.02 Å². The van der Waals surface area contributed by atoms with Crippen LogP contribution in [0.5, 0.6) is 0 Å². The van der Waals surface area contributed by atoms with Crippen LogP contribution in [0.3, 0.4) is 0 Å². The van der Waals surface area contributed by atoms with Crippen molar-refractivity contribution in [2.24, 2.45) is 0 Å². The van der Waals surface area contributed by atoms with Gasteiger partial charge in [-0.25, -0.2) is 4.79 Å². The molecule has 0 aliphatic carbocycles. The highest BCUT2D eigenvalue weighted by molar-refractivity contribution is 6.30. The molecule has 0 unspecified atom stereocenters. The topological polar surface area (TPSA) is 88.2 Å². The molecular weight excluding hydrogens is 270 g/mol. The molecule has 2 aromatic rings. The summed E-state index contributed by atoms with van der Waals surface area (Å²) in [6.07, 6.45) is -0.718. The Morgan fingerprint density at radius 2 is 2.16 bits per heavy atom. The zero-order valence-corrected chi connectivity index (χ0v) is 10.9. The number of carbonyl (C=O) groups is 1. The van der Waals surface area contributed by atoms with Crippen LogP contribution in [0, 0.1) is 6.92 Å². The number of nitrogens with zero attached hydrogens (tertiary/aromatic N) is 2. The Labute approximate surface area is 114 Å². The number of rotatable bonds is 4. The molecule has 100 valence electrons. The molecule has 0 spiro atoms. The Morgan fingerprint density at radius 1 is 1.47 bits per heavy atom. The first-order valence-electron chi connectivity index (χ1n) is 5.58. The quantitative estimate of drug-likeness (QED) is 0.899. The minimum atomic E-state index is -1.14. The molecule has 2 N–H and O–H groups in total. The maximum absolute atomic E-state index is 10.8. The number of hydrogen-bond donors (Lipinski definition) is 2. The minimum absolute atomic E-state index is 0.315. The molecule has 2 rings (SSSR count). The number of aromatic nitrogens is 2. The van der Waals surface area contributed by atoms with Gasteiger partial charge in [0.1, 0.15) is 0 Å². The van der Waals surface area contributed by atoms with Crippen molar-refractivity contribution in [3.63, 3.8) is 0 Å². The smallest absolute Gasteiger partial charge is 0.405 e. The third-order valence-corrected chi connectivity index (χ3v) is 2.76. The first-order chi connectivity index (χ1) is 9.04. The summed E-state index contributed by atoms with van der Waals surface area (Å²) in [5.41, 5.74) is 0.922. The summed E-state index contributed by atoms with van der Waals surface area (Å²) < 4.78 is 4.87. The Morgan fingerprint density at radius 3 is 2.68 bits per heavy atom. The second kappa shape index (κ2) is 5.71. The van der Waals surface area contributed by atoms with Crippen LogP contribution in [0.15, 0.2) is 28.8 Å². The molecule has 19 heavy (non-hydrogen) atoms. The fraction of sp³-hybridized carbons (Fsp3) is 0.250. The van der Waals surface area contributed by atoms with Gasteiger partial charge < -0.3 is 14.9 Å². The number of carboxylic acid groups (broad SMARTS) is 1. The van der Waals surface area contributed by atoms with E-state index >= 15 is 0 Å². The van der Waals surface area contributed by atoms with Gasteiger partial charge in [-0.2, -0.15) is 4.98 Å². The van der Waals surface area contributed by atoms with E-state index in [9.17, 15) is 4.79 Å². The molecule has 0 bridgehead atoms. The summed E-state index contributed by atoms with van der Waals surface area (Å²) in [4.78, 5) is 14.9. The fourth-order valence-electron chi connectivity index (χ4n) is 1.67. The third kappa shape index (κ3) is 3.69. The van der Waals surface area contributed by atoms with E-state index < -0.39 is 12.1 Å². The van der Waals surface area contributed by atoms with Crippen molar-refractivity contribution in [2.75, 3.05) is 0 Å². The monoisotopic (exact) mass is 281 g/mol. The number of hydrogen-bond acceptors (Lipinski definition) is 4. The molecule has 1 amide bonds. The summed E-state index contributed by atoms with van der Waals surface area (Å²) in [5.74, 6) is 0.707. The number of nitrogens with one attached hydrogen (secondary N) is 1. The molecule has 1 aromatic heterocycles. The van der Waals surface area contributed by atoms with Gasteiger partial charge in [0.05, 0.1) is 6.04 Å². The van der Waals surface area contributed by atoms with Crippen molar-refractivity contribution >= 4 is 17.7 Å². The van der Waals surface area contributed by atoms with Gasteiger partial charge in [-0.3, -0.25) is 0 Å². The molecule has 6 nitrogen and oxygen atoms in total. The highest BCUT2D eigenvalue weighted by Gasteiger charge is 2.20. The fourth-order valence-corrected chi connectivity index (χ4v) is 1.79. The lowest BCUT2D eigenvalue weighted by Crippen LogP contribution is -2.29. The van der Waals surface area contributed by atoms with Crippen LogP contribution >= 0.6 is 11.6 Å². The van der Waals surface area contributed by atoms with Crippen LogP contribution in [-0.2, 0) is 6.42 Å². The van der Waals surface area contributed by atoms with Gasteiger partial charge in [0, 0.05) is 18.4 Å². The molecule has 0 radical (unpaired) electrons. The van der Waals surface area contributed by atoms with Crippen molar-refractivity contribution < 1.29 is 14.4 Å². The Hall–Kier alpha value is -2.08. The molecule has 1 atom stereocenters. The Kier molecular flexibility index (Phi) is 4.01. The first-order valence-corrected chi connectivity index (χ1v) is 5.96. The van der Waals surface area contributed by atoms with Gasteiger partial charge in [0.25, 0.3) is 0 Å². The maximum Gasteiger partial charge on any atom is 0.405 e. The van der Waals surface area contributed by atoms with E-state index in [-0.39, 0.29) is 0 Å². The average molecular weight is 282 g/mol. The van der Waals surface area contributed by atoms with Crippen molar-refractivity contribution in [3.8, 4) is 0 Å². The van der Waals surface area contributed by atoms with E-state index in [2.05, 4.69) is 15.5 Å². The highest BCUT2D eigenvalue weighted by atomic mass is 35.5. The lowest BCUT2D eigenvalue weighted by atomic mass is 10.1. The summed E-state index contributed by atoms with van der Waals surface area (Å²) >= 11 is 5.80. The second-order valence-corrected chi connectivity index (χ2v) is 4.44. The van der Waals surface area contributed by atoms with E-state index in [1.165, 1.54) is 0 Å². The van der Waals surface area contributed by atoms with E-state index in [0.717, 1.165) is 5.56 Å². The normalized spacial score (nSPS) is 12.1. The van der Waals surface area contributed by atoms with Crippen molar-refractivity contribution in [1.82, 2.24) is 15.5 Å². The predicted molar refractivity (Wildman–Crippen MR) is 68.1 cm³/mol. The zero-order valence-electron chi connectivity index (χ0n) is 10.1. The molecule has 7 heteroatoms. The third-order valence-electron chi connectivity index (χ3n) is 2.51. The Balaban J connectivity index is 2.18. The summed E-state index contributed by atoms with van der Waals surface area (Å²) in [6.45, 7) is 1.65. The van der Waals surface area contributed by atoms with Gasteiger partial charge in [0.15, 0.2) is 5.82 Å². The Bertz CT molecular complexity index is 568. The largest absolute Gasteiger partial charge is 0.465 e. The number of aryl methyl sites for hydroxylation is 1. The van der Waals surface area contributed by atoms with Crippen LogP contribution < -0.4 is 5.32 Å². The van der Waals surface area contributed by atoms with Gasteiger partial charge in [-0.05, 0) is 17.7 Å². The predicted octanol–water partition coefficient (Wildman–Crippen LogP) is 2.58. The minimum Gasteiger partial charge on any atom is -0.465 e. The van der Waals surface area contributed by atoms with Gasteiger partial charge in [-0.1, -0.05) is 28.9 Å². The van der Waals surface area contributed by atoms with Crippen LogP contribution in [-0.4, -0.2) is 21.3 Å². The van der Waals surface area contributed by atoms with Gasteiger partial charge in [0.2, 0.25) is 5.89 Å². The van der Waals surface area contributed by atoms with E-state index in [1.807, 2.05) is 12.1 Å². The number of halogens is 1. The molecule has 0 aliphatic heterocycles. The van der Waals surface area contributed by atoms with E-state index in [4.69, 9.17) is 21.2 Å². The SMILES string of the molecule is Cc1nc([C@H](Cc2ccc(Cl)cc2)NC(=O)O)no1. The summed E-state index contributed by atoms with van der Waals surface area (Å²) in [6, 6.07) is 6.58. The average Bonchev–Trinajstić information content (AvgIpc) is 2.77. The number of amides is 1. The lowest BCUT2D eigenvalue weighted by molar-refractivity contribution is 0.189. The summed E-state index contributed by atoms with van der Waals surface area (Å²) in [7, 11) is 0. The van der Waals surface area contributed by atoms with Gasteiger partial charge in [-0.15, -0.1) is 0 Å². The van der Waals surface area contributed by atoms with Crippen LogP contribution in [0.4, 0.5) is 4.79 Å². The van der Waals surface area contributed by atoms with Crippen LogP contribution in [0.25, 0.3) is 0 Å². The standard InChI is InChI=1S/C12H12ClN3O3/c1-7-14-11(16-19-7)10(15-12(17)18)6-8-2-4-9(13)5-3-8/h2-5,10,15H,6H2,1H3,(H,17,18)/t10-/m0/s1. The van der Waals surface area contributed by atoms with Crippen LogP contribution in [0.1, 0.15) is 23.3 Å². The molecule has 1 heterocycles. The highest BCUT2D eigenvalue weighted by Crippen LogP contribution is 2.18. The van der Waals surface area contributed by atoms with E-state index in [0.29, 0.717) is 23.2 Å². The lowest BCUT2D eigenvalue weighted by Gasteiger charge is -2.13. The molecular formula is C12H12ClN3O3. The van der Waals surface area contributed by atoms with Crippen molar-refractivity contribution in [1.29, 1.82) is 0 Å². The zero-order chi connectivity index (χ0) is 13.8. The maximum atomic E-state index is 10.8. The number of benzene rings is 1. The second-order valence-electron chi connectivity index (χ2n) is 4.00. The molecule has 0 aliphatic rings. The molecule has 0 fully saturated rings. The molecule has 0 saturated carbocycles. The van der Waals surface area contributed by atoms with Crippen molar-refractivity contribution in [2.45, 2.75) is 19.4 Å². The van der Waals surface area contributed by atoms with E-state index in [1.54, 1.807) is 19.1 Å². The van der Waals surface area contributed by atoms with Crippen molar-refractivity contribution in [3.05, 3.63) is 46.6 Å². The van der Waals surface area contributed by atoms with Gasteiger partial charge >= 0.3 is 6.09 Å². The summed E-state index contributed by atoms with van der Waals surface area (Å²) in [5, 5.41) is 15.6.